The summed E-state index contributed by atoms with van der Waals surface area (Å²) in [6, 6.07) is 5.47. The molecule has 24 heavy (non-hydrogen) atoms. The third kappa shape index (κ3) is 5.43. The number of methoxy groups -OCH3 is 1. The van der Waals surface area contributed by atoms with Crippen molar-refractivity contribution in [1.29, 1.82) is 0 Å². The fourth-order valence-electron chi connectivity index (χ4n) is 3.30. The number of ether oxygens (including phenoxy) is 1. The summed E-state index contributed by atoms with van der Waals surface area (Å²) in [5, 5.41) is 9.39. The van der Waals surface area contributed by atoms with E-state index in [-0.39, 0.29) is 12.4 Å². The molecule has 0 bridgehead atoms. The minimum absolute atomic E-state index is 0.223. The van der Waals surface area contributed by atoms with Crippen molar-refractivity contribution in [2.75, 3.05) is 39.9 Å². The predicted octanol–water partition coefficient (Wildman–Crippen LogP) is 2.75. The molecule has 1 aliphatic rings. The van der Waals surface area contributed by atoms with Crippen LogP contribution in [0.5, 0.6) is 5.75 Å². The van der Waals surface area contributed by atoms with Crippen molar-refractivity contribution in [1.82, 2.24) is 9.80 Å². The van der Waals surface area contributed by atoms with Crippen molar-refractivity contribution in [3.63, 3.8) is 0 Å². The summed E-state index contributed by atoms with van der Waals surface area (Å²) in [7, 11) is 1.49. The molecule has 0 radical (unpaired) electrons. The van der Waals surface area contributed by atoms with Gasteiger partial charge < -0.3 is 9.84 Å². The summed E-state index contributed by atoms with van der Waals surface area (Å²) in [6.07, 6.45) is 2.00. The molecule has 0 spiro atoms. The number of aliphatic hydroxyl groups excluding tert-OH is 1. The Morgan fingerprint density at radius 1 is 1.33 bits per heavy atom. The average molecular weight is 338 g/mol. The van der Waals surface area contributed by atoms with E-state index >= 15 is 0 Å². The third-order valence-electron chi connectivity index (χ3n) is 4.77. The number of benzene rings is 1. The van der Waals surface area contributed by atoms with E-state index in [4.69, 9.17) is 4.74 Å². The van der Waals surface area contributed by atoms with Crippen LogP contribution in [0, 0.1) is 11.7 Å². The number of piperazine rings is 1. The lowest BCUT2D eigenvalue weighted by Crippen LogP contribution is -2.53. The lowest BCUT2D eigenvalue weighted by atomic mass is 10.0. The number of nitrogens with zero attached hydrogens (tertiary/aromatic N) is 2. The molecule has 0 saturated carbocycles. The molecule has 1 aromatic rings. The molecule has 1 aromatic carbocycles. The molecular formula is C19H31FN2O2. The highest BCUT2D eigenvalue weighted by molar-refractivity contribution is 5.30. The summed E-state index contributed by atoms with van der Waals surface area (Å²) in [5.74, 6) is 0.678. The molecule has 2 rings (SSSR count). The molecule has 1 fully saturated rings. The number of hydrogen-bond donors (Lipinski definition) is 1. The minimum Gasteiger partial charge on any atom is -0.494 e. The fourth-order valence-corrected chi connectivity index (χ4v) is 3.30. The summed E-state index contributed by atoms with van der Waals surface area (Å²) < 4.78 is 18.6. The second-order valence-electron chi connectivity index (χ2n) is 7.09. The van der Waals surface area contributed by atoms with Gasteiger partial charge in [-0.2, -0.15) is 0 Å². The molecule has 1 atom stereocenters. The van der Waals surface area contributed by atoms with E-state index in [9.17, 15) is 9.50 Å². The first kappa shape index (κ1) is 19.2. The zero-order valence-electron chi connectivity index (χ0n) is 15.2. The van der Waals surface area contributed by atoms with E-state index in [1.54, 1.807) is 6.07 Å². The molecule has 1 heterocycles. The van der Waals surface area contributed by atoms with E-state index in [2.05, 4.69) is 23.6 Å². The first-order valence-corrected chi connectivity index (χ1v) is 8.93. The number of rotatable bonds is 8. The van der Waals surface area contributed by atoms with Crippen molar-refractivity contribution in [3.05, 3.63) is 29.6 Å². The highest BCUT2D eigenvalue weighted by Crippen LogP contribution is 2.21. The van der Waals surface area contributed by atoms with Gasteiger partial charge in [0.1, 0.15) is 0 Å². The maximum absolute atomic E-state index is 13.5. The van der Waals surface area contributed by atoms with E-state index in [0.717, 1.165) is 44.7 Å². The lowest BCUT2D eigenvalue weighted by Gasteiger charge is -2.41. The lowest BCUT2D eigenvalue weighted by molar-refractivity contribution is 0.0523. The van der Waals surface area contributed by atoms with Crippen molar-refractivity contribution in [2.45, 2.75) is 39.3 Å². The van der Waals surface area contributed by atoms with Gasteiger partial charge in [0.15, 0.2) is 11.6 Å². The molecule has 0 aromatic heterocycles. The van der Waals surface area contributed by atoms with Crippen LogP contribution < -0.4 is 4.74 Å². The van der Waals surface area contributed by atoms with Gasteiger partial charge in [0, 0.05) is 38.8 Å². The van der Waals surface area contributed by atoms with Crippen molar-refractivity contribution in [3.8, 4) is 5.75 Å². The van der Waals surface area contributed by atoms with Gasteiger partial charge >= 0.3 is 0 Å². The van der Waals surface area contributed by atoms with Gasteiger partial charge in [-0.05, 0) is 43.0 Å². The van der Waals surface area contributed by atoms with Gasteiger partial charge in [-0.3, -0.25) is 9.80 Å². The predicted molar refractivity (Wildman–Crippen MR) is 94.7 cm³/mol. The molecule has 1 N–H and O–H groups in total. The molecule has 0 amide bonds. The average Bonchev–Trinajstić information content (AvgIpc) is 2.56. The van der Waals surface area contributed by atoms with Crippen LogP contribution in [0.4, 0.5) is 4.39 Å². The summed E-state index contributed by atoms with van der Waals surface area (Å²) in [5.41, 5.74) is 1.06. The molecule has 1 saturated heterocycles. The standard InChI is InChI=1S/C19H31FN2O2/c1-15(2)6-8-22-10-9-21(14-17(22)7-11-23)13-16-4-5-18(20)19(12-16)24-3/h4-5,12,15,17,23H,6-11,13-14H2,1-3H3/t17-/m0/s1. The van der Waals surface area contributed by atoms with Crippen LogP contribution in [-0.4, -0.2) is 60.8 Å². The Balaban J connectivity index is 1.95. The second kappa shape index (κ2) is 9.35. The zero-order chi connectivity index (χ0) is 17.5. The second-order valence-corrected chi connectivity index (χ2v) is 7.09. The van der Waals surface area contributed by atoms with E-state index < -0.39 is 0 Å². The largest absolute Gasteiger partial charge is 0.494 e. The Bertz CT molecular complexity index is 510. The van der Waals surface area contributed by atoms with Gasteiger partial charge in [-0.25, -0.2) is 4.39 Å². The monoisotopic (exact) mass is 338 g/mol. The van der Waals surface area contributed by atoms with Gasteiger partial charge in [0.25, 0.3) is 0 Å². The molecule has 0 aliphatic carbocycles. The molecule has 136 valence electrons. The first-order chi connectivity index (χ1) is 11.5. The van der Waals surface area contributed by atoms with Crippen LogP contribution in [0.25, 0.3) is 0 Å². The maximum atomic E-state index is 13.5. The number of hydrogen-bond acceptors (Lipinski definition) is 4. The fraction of sp³-hybridized carbons (Fsp3) is 0.684. The van der Waals surface area contributed by atoms with Crippen LogP contribution in [0.1, 0.15) is 32.3 Å². The van der Waals surface area contributed by atoms with E-state index in [0.29, 0.717) is 17.7 Å². The van der Waals surface area contributed by atoms with Gasteiger partial charge in [-0.1, -0.05) is 19.9 Å². The van der Waals surface area contributed by atoms with Crippen molar-refractivity contribution < 1.29 is 14.2 Å². The zero-order valence-corrected chi connectivity index (χ0v) is 15.2. The smallest absolute Gasteiger partial charge is 0.165 e. The molecular weight excluding hydrogens is 307 g/mol. The van der Waals surface area contributed by atoms with Crippen LogP contribution in [0.2, 0.25) is 0 Å². The third-order valence-corrected chi connectivity index (χ3v) is 4.77. The normalized spacial score (nSPS) is 19.8. The van der Waals surface area contributed by atoms with Gasteiger partial charge in [0.05, 0.1) is 7.11 Å². The summed E-state index contributed by atoms with van der Waals surface area (Å²) in [4.78, 5) is 4.90. The Morgan fingerprint density at radius 2 is 2.12 bits per heavy atom. The van der Waals surface area contributed by atoms with Gasteiger partial charge in [0.2, 0.25) is 0 Å². The molecule has 5 heteroatoms. The molecule has 1 aliphatic heterocycles. The summed E-state index contributed by atoms with van der Waals surface area (Å²) >= 11 is 0. The Labute approximate surface area is 145 Å². The SMILES string of the molecule is COc1cc(CN2CCN(CCC(C)C)[C@@H](CCO)C2)ccc1F. The highest BCUT2D eigenvalue weighted by atomic mass is 19.1. The maximum Gasteiger partial charge on any atom is 0.165 e. The highest BCUT2D eigenvalue weighted by Gasteiger charge is 2.26. The van der Waals surface area contributed by atoms with Crippen LogP contribution >= 0.6 is 0 Å². The summed E-state index contributed by atoms with van der Waals surface area (Å²) in [6.45, 7) is 9.57. The Hall–Kier alpha value is -1.17. The van der Waals surface area contributed by atoms with Crippen LogP contribution in [-0.2, 0) is 6.54 Å². The number of halogens is 1. The van der Waals surface area contributed by atoms with E-state index in [1.807, 2.05) is 6.07 Å². The first-order valence-electron chi connectivity index (χ1n) is 8.93. The quantitative estimate of drug-likeness (QED) is 0.791. The van der Waals surface area contributed by atoms with Crippen LogP contribution in [0.15, 0.2) is 18.2 Å². The Kier molecular flexibility index (Phi) is 7.46. The van der Waals surface area contributed by atoms with Gasteiger partial charge in [-0.15, -0.1) is 0 Å². The van der Waals surface area contributed by atoms with Crippen molar-refractivity contribution in [2.24, 2.45) is 5.92 Å². The van der Waals surface area contributed by atoms with Crippen LogP contribution in [0.3, 0.4) is 0 Å². The number of aliphatic hydroxyl groups is 1. The minimum atomic E-state index is -0.321. The molecule has 4 nitrogen and oxygen atoms in total. The van der Waals surface area contributed by atoms with Crippen molar-refractivity contribution >= 4 is 0 Å². The molecule has 0 unspecified atom stereocenters. The topological polar surface area (TPSA) is 35.9 Å². The Morgan fingerprint density at radius 3 is 2.79 bits per heavy atom. The van der Waals surface area contributed by atoms with E-state index in [1.165, 1.54) is 19.6 Å².